The average Bonchev–Trinajstić information content (AvgIpc) is 3.45. The minimum atomic E-state index is -3.53. The molecule has 166 valence electrons. The smallest absolute Gasteiger partial charge is 0.335 e. The highest BCUT2D eigenvalue weighted by atomic mass is 32.2. The molecule has 0 aliphatic carbocycles. The highest BCUT2D eigenvalue weighted by molar-refractivity contribution is 7.99. The van der Waals surface area contributed by atoms with Crippen molar-refractivity contribution in [3.8, 4) is 22.9 Å². The molecule has 9 nitrogen and oxygen atoms in total. The van der Waals surface area contributed by atoms with E-state index in [4.69, 9.17) is 13.6 Å². The Balaban J connectivity index is 1.22. The van der Waals surface area contributed by atoms with E-state index in [0.717, 1.165) is 17.4 Å². The monoisotopic (exact) mass is 472 g/mol. The van der Waals surface area contributed by atoms with Gasteiger partial charge in [0.05, 0.1) is 13.2 Å². The summed E-state index contributed by atoms with van der Waals surface area (Å²) in [5.41, 5.74) is 3.65. The van der Waals surface area contributed by atoms with Gasteiger partial charge in [0, 0.05) is 23.1 Å². The van der Waals surface area contributed by atoms with Crippen molar-refractivity contribution in [3.05, 3.63) is 59.7 Å². The Labute approximate surface area is 189 Å². The molecule has 0 bridgehead atoms. The second-order valence-corrected chi connectivity index (χ2v) is 9.92. The summed E-state index contributed by atoms with van der Waals surface area (Å²) in [4.78, 5) is 0. The van der Waals surface area contributed by atoms with Gasteiger partial charge in [-0.2, -0.15) is 0 Å². The third-order valence-electron chi connectivity index (χ3n) is 4.35. The van der Waals surface area contributed by atoms with E-state index in [0.29, 0.717) is 35.6 Å². The lowest BCUT2D eigenvalue weighted by atomic mass is 10.1. The van der Waals surface area contributed by atoms with Gasteiger partial charge in [-0.15, -0.1) is 15.3 Å². The second kappa shape index (κ2) is 9.63. The number of sulfone groups is 1. The fourth-order valence-corrected chi connectivity index (χ4v) is 3.71. The highest BCUT2D eigenvalue weighted by Crippen LogP contribution is 2.24. The SMILES string of the molecule is Cc1ccc(-c2nnc(SCCOCc3ccc(-c4nnc(S(C)(=O)=O)o4)cc3)o2)cc1. The zero-order valence-electron chi connectivity index (χ0n) is 17.4. The summed E-state index contributed by atoms with van der Waals surface area (Å²) in [6.07, 6.45) is 1.02. The first-order chi connectivity index (χ1) is 15.4. The van der Waals surface area contributed by atoms with Gasteiger partial charge in [-0.25, -0.2) is 8.42 Å². The quantitative estimate of drug-likeness (QED) is 0.262. The Morgan fingerprint density at radius 1 is 0.875 bits per heavy atom. The van der Waals surface area contributed by atoms with Gasteiger partial charge in [-0.1, -0.05) is 46.7 Å². The Morgan fingerprint density at radius 3 is 2.16 bits per heavy atom. The number of nitrogens with zero attached hydrogens (tertiary/aromatic N) is 4. The maximum atomic E-state index is 11.4. The summed E-state index contributed by atoms with van der Waals surface area (Å²) in [6, 6.07) is 15.2. The molecule has 2 aromatic heterocycles. The lowest BCUT2D eigenvalue weighted by Crippen LogP contribution is -1.98. The predicted molar refractivity (Wildman–Crippen MR) is 118 cm³/mol. The zero-order chi connectivity index (χ0) is 22.6. The number of thioether (sulfide) groups is 1. The van der Waals surface area contributed by atoms with Crippen molar-refractivity contribution < 1.29 is 22.0 Å². The van der Waals surface area contributed by atoms with E-state index in [2.05, 4.69) is 20.4 Å². The summed E-state index contributed by atoms with van der Waals surface area (Å²) in [5.74, 6) is 1.32. The van der Waals surface area contributed by atoms with Crippen molar-refractivity contribution in [2.24, 2.45) is 0 Å². The van der Waals surface area contributed by atoms with Gasteiger partial charge >= 0.3 is 5.22 Å². The third kappa shape index (κ3) is 5.61. The predicted octanol–water partition coefficient (Wildman–Crippen LogP) is 3.81. The Hall–Kier alpha value is -3.02. The van der Waals surface area contributed by atoms with Crippen LogP contribution in [0, 0.1) is 6.92 Å². The van der Waals surface area contributed by atoms with E-state index in [1.807, 2.05) is 43.3 Å². The van der Waals surface area contributed by atoms with E-state index in [1.54, 1.807) is 12.1 Å². The van der Waals surface area contributed by atoms with Gasteiger partial charge in [-0.3, -0.25) is 0 Å². The summed E-state index contributed by atoms with van der Waals surface area (Å²) >= 11 is 1.44. The minimum Gasteiger partial charge on any atom is -0.411 e. The zero-order valence-corrected chi connectivity index (χ0v) is 19.0. The van der Waals surface area contributed by atoms with Crippen LogP contribution in [0.25, 0.3) is 22.9 Å². The molecule has 0 aliphatic rings. The Kier molecular flexibility index (Phi) is 6.68. The van der Waals surface area contributed by atoms with Crippen molar-refractivity contribution >= 4 is 21.6 Å². The van der Waals surface area contributed by atoms with E-state index in [-0.39, 0.29) is 5.89 Å². The van der Waals surface area contributed by atoms with E-state index in [1.165, 1.54) is 17.3 Å². The van der Waals surface area contributed by atoms with Gasteiger partial charge < -0.3 is 13.6 Å². The van der Waals surface area contributed by atoms with Crippen LogP contribution >= 0.6 is 11.8 Å². The molecule has 11 heteroatoms. The minimum absolute atomic E-state index is 0.152. The van der Waals surface area contributed by atoms with Gasteiger partial charge in [0.2, 0.25) is 21.6 Å². The van der Waals surface area contributed by atoms with Crippen LogP contribution in [-0.2, 0) is 21.2 Å². The molecule has 0 radical (unpaired) electrons. The molecule has 0 aliphatic heterocycles. The maximum absolute atomic E-state index is 11.4. The molecule has 0 saturated heterocycles. The van der Waals surface area contributed by atoms with Crippen molar-refractivity contribution in [3.63, 3.8) is 0 Å². The topological polar surface area (TPSA) is 121 Å². The summed E-state index contributed by atoms with van der Waals surface area (Å²) in [5, 5.41) is 15.6. The molecule has 0 saturated carbocycles. The van der Waals surface area contributed by atoms with Crippen LogP contribution in [0.4, 0.5) is 0 Å². The van der Waals surface area contributed by atoms with Gasteiger partial charge in [0.1, 0.15) is 0 Å². The third-order valence-corrected chi connectivity index (χ3v) is 5.93. The fourth-order valence-electron chi connectivity index (χ4n) is 2.68. The number of benzene rings is 2. The van der Waals surface area contributed by atoms with Crippen molar-refractivity contribution in [1.29, 1.82) is 0 Å². The first-order valence-electron chi connectivity index (χ1n) is 9.62. The molecule has 0 amide bonds. The molecule has 0 spiro atoms. The number of aromatic nitrogens is 4. The average molecular weight is 473 g/mol. The van der Waals surface area contributed by atoms with Gasteiger partial charge in [0.15, 0.2) is 0 Å². The van der Waals surface area contributed by atoms with Gasteiger partial charge in [-0.05, 0) is 36.8 Å². The van der Waals surface area contributed by atoms with Crippen LogP contribution in [0.3, 0.4) is 0 Å². The van der Waals surface area contributed by atoms with E-state index in [9.17, 15) is 8.42 Å². The Bertz CT molecular complexity index is 1280. The largest absolute Gasteiger partial charge is 0.411 e. The first kappa shape index (κ1) is 22.2. The van der Waals surface area contributed by atoms with Crippen molar-refractivity contribution in [1.82, 2.24) is 20.4 Å². The molecule has 0 unspecified atom stereocenters. The standard InChI is InChI=1S/C21H20N4O5S2/c1-14-3-7-16(8-4-14)18-22-24-20(29-18)31-12-11-28-13-15-5-9-17(10-6-15)19-23-25-21(30-19)32(2,26)27/h3-10H,11-13H2,1-2H3. The maximum Gasteiger partial charge on any atom is 0.335 e. The number of hydrogen-bond acceptors (Lipinski definition) is 10. The van der Waals surface area contributed by atoms with Crippen LogP contribution in [0.1, 0.15) is 11.1 Å². The lowest BCUT2D eigenvalue weighted by Gasteiger charge is -2.04. The van der Waals surface area contributed by atoms with Crippen LogP contribution in [0.5, 0.6) is 0 Å². The molecule has 2 aromatic carbocycles. The molecule has 2 heterocycles. The molecule has 0 atom stereocenters. The van der Waals surface area contributed by atoms with E-state index >= 15 is 0 Å². The molecule has 32 heavy (non-hydrogen) atoms. The molecule has 0 fully saturated rings. The summed E-state index contributed by atoms with van der Waals surface area (Å²) < 4.78 is 39.5. The molecule has 4 aromatic rings. The van der Waals surface area contributed by atoms with Crippen LogP contribution in [0.15, 0.2) is 67.8 Å². The molecule has 0 N–H and O–H groups in total. The Morgan fingerprint density at radius 2 is 1.50 bits per heavy atom. The second-order valence-electron chi connectivity index (χ2n) is 6.98. The summed E-state index contributed by atoms with van der Waals surface area (Å²) in [7, 11) is -3.53. The molecule has 4 rings (SSSR count). The number of ether oxygens (including phenoxy) is 1. The van der Waals surface area contributed by atoms with E-state index < -0.39 is 15.1 Å². The number of hydrogen-bond donors (Lipinski definition) is 0. The fraction of sp³-hybridized carbons (Fsp3) is 0.238. The van der Waals surface area contributed by atoms with Crippen LogP contribution < -0.4 is 0 Å². The van der Waals surface area contributed by atoms with Crippen LogP contribution in [-0.4, -0.2) is 47.4 Å². The lowest BCUT2D eigenvalue weighted by molar-refractivity contribution is 0.136. The summed E-state index contributed by atoms with van der Waals surface area (Å²) in [6.45, 7) is 2.96. The number of aryl methyl sites for hydroxylation is 1. The normalized spacial score (nSPS) is 11.7. The highest BCUT2D eigenvalue weighted by Gasteiger charge is 2.17. The molecular weight excluding hydrogens is 452 g/mol. The number of rotatable bonds is 9. The van der Waals surface area contributed by atoms with Gasteiger partial charge in [0.25, 0.3) is 5.22 Å². The first-order valence-corrected chi connectivity index (χ1v) is 12.5. The van der Waals surface area contributed by atoms with Crippen molar-refractivity contribution in [2.45, 2.75) is 24.0 Å². The van der Waals surface area contributed by atoms with Crippen LogP contribution in [0.2, 0.25) is 0 Å². The molecular formula is C21H20N4O5S2. The van der Waals surface area contributed by atoms with Crippen molar-refractivity contribution in [2.75, 3.05) is 18.6 Å².